The van der Waals surface area contributed by atoms with E-state index < -0.39 is 17.5 Å². The number of halogens is 1. The predicted molar refractivity (Wildman–Crippen MR) is 128 cm³/mol. The summed E-state index contributed by atoms with van der Waals surface area (Å²) in [5.74, 6) is -0.687. The topological polar surface area (TPSA) is 91.0 Å². The third-order valence-electron chi connectivity index (χ3n) is 6.97. The zero-order valence-corrected chi connectivity index (χ0v) is 19.9. The van der Waals surface area contributed by atoms with Gasteiger partial charge in [0, 0.05) is 35.4 Å². The number of anilines is 1. The number of rotatable bonds is 5. The second kappa shape index (κ2) is 8.60. The lowest BCUT2D eigenvalue weighted by molar-refractivity contribution is -0.124. The van der Waals surface area contributed by atoms with Crippen LogP contribution in [0.3, 0.4) is 0 Å². The van der Waals surface area contributed by atoms with Crippen molar-refractivity contribution < 1.29 is 19.1 Å². The van der Waals surface area contributed by atoms with Gasteiger partial charge in [0.2, 0.25) is 0 Å². The van der Waals surface area contributed by atoms with Crippen molar-refractivity contribution >= 4 is 35.1 Å². The molecule has 2 saturated heterocycles. The highest BCUT2D eigenvalue weighted by atomic mass is 35.5. The van der Waals surface area contributed by atoms with Crippen LogP contribution in [0.25, 0.3) is 0 Å². The van der Waals surface area contributed by atoms with E-state index in [1.165, 1.54) is 0 Å². The molecule has 2 fully saturated rings. The summed E-state index contributed by atoms with van der Waals surface area (Å²) in [5, 5.41) is 5.62. The third kappa shape index (κ3) is 3.80. The number of hydrogen-bond acceptors (Lipinski definition) is 5. The molecular formula is C25H27ClN4O4. The highest BCUT2D eigenvalue weighted by Crippen LogP contribution is 2.33. The summed E-state index contributed by atoms with van der Waals surface area (Å²) in [6.45, 7) is 6.04. The van der Waals surface area contributed by atoms with Crippen LogP contribution < -0.4 is 15.5 Å². The number of fused-ring (bicyclic) bond motifs is 1. The average Bonchev–Trinajstić information content (AvgIpc) is 3.29. The maximum absolute atomic E-state index is 13.1. The van der Waals surface area contributed by atoms with E-state index in [1.54, 1.807) is 17.0 Å². The molecule has 5 rings (SSSR count). The summed E-state index contributed by atoms with van der Waals surface area (Å²) >= 11 is 6.08. The number of nitrogens with one attached hydrogen (secondary N) is 2. The molecule has 3 heterocycles. The number of ether oxygens (including phenoxy) is 1. The fraction of sp³-hybridized carbons (Fsp3) is 0.400. The van der Waals surface area contributed by atoms with Crippen molar-refractivity contribution in [3.05, 3.63) is 64.2 Å². The van der Waals surface area contributed by atoms with Crippen LogP contribution in [-0.2, 0) is 21.6 Å². The SMILES string of the molecule is CC[C@H]1CN(c2ccc([C@]3(CN4Cc5ccc(Cl)cc5C4=O)NC(=O)NC3=O)cc2)[C@H](C)CO1. The molecule has 0 radical (unpaired) electrons. The Morgan fingerprint density at radius 3 is 2.59 bits per heavy atom. The molecule has 3 aliphatic heterocycles. The molecular weight excluding hydrogens is 456 g/mol. The molecule has 178 valence electrons. The van der Waals surface area contributed by atoms with Gasteiger partial charge in [-0.2, -0.15) is 0 Å². The van der Waals surface area contributed by atoms with E-state index in [0.29, 0.717) is 29.3 Å². The van der Waals surface area contributed by atoms with Crippen LogP contribution in [0.5, 0.6) is 0 Å². The number of carbonyl (C=O) groups is 3. The smallest absolute Gasteiger partial charge is 0.322 e. The molecule has 34 heavy (non-hydrogen) atoms. The van der Waals surface area contributed by atoms with Gasteiger partial charge in [0.15, 0.2) is 5.54 Å². The molecule has 8 nitrogen and oxygen atoms in total. The molecule has 4 amide bonds. The lowest BCUT2D eigenvalue weighted by Gasteiger charge is -2.39. The summed E-state index contributed by atoms with van der Waals surface area (Å²) in [7, 11) is 0. The Bertz CT molecular complexity index is 1150. The summed E-state index contributed by atoms with van der Waals surface area (Å²) in [6, 6.07) is 12.5. The van der Waals surface area contributed by atoms with Crippen molar-refractivity contribution in [2.45, 2.75) is 44.5 Å². The number of carbonyl (C=O) groups excluding carboxylic acids is 3. The minimum Gasteiger partial charge on any atom is -0.374 e. The summed E-state index contributed by atoms with van der Waals surface area (Å²) in [5.41, 5.74) is 1.64. The minimum atomic E-state index is -1.38. The van der Waals surface area contributed by atoms with Gasteiger partial charge in [0.25, 0.3) is 11.8 Å². The molecule has 0 spiro atoms. The number of nitrogens with zero attached hydrogens (tertiary/aromatic N) is 2. The zero-order chi connectivity index (χ0) is 24.0. The van der Waals surface area contributed by atoms with Gasteiger partial charge >= 0.3 is 6.03 Å². The number of hydrogen-bond donors (Lipinski definition) is 2. The van der Waals surface area contributed by atoms with Gasteiger partial charge in [0.1, 0.15) is 0 Å². The van der Waals surface area contributed by atoms with Gasteiger partial charge in [-0.1, -0.05) is 36.7 Å². The molecule has 0 saturated carbocycles. The first-order chi connectivity index (χ1) is 16.3. The Kier molecular flexibility index (Phi) is 5.73. The molecule has 0 unspecified atom stereocenters. The first-order valence-corrected chi connectivity index (χ1v) is 11.9. The molecule has 0 bridgehead atoms. The average molecular weight is 483 g/mol. The Morgan fingerprint density at radius 2 is 1.91 bits per heavy atom. The summed E-state index contributed by atoms with van der Waals surface area (Å²) < 4.78 is 5.87. The van der Waals surface area contributed by atoms with Crippen LogP contribution >= 0.6 is 11.6 Å². The van der Waals surface area contributed by atoms with Gasteiger partial charge in [-0.15, -0.1) is 0 Å². The maximum Gasteiger partial charge on any atom is 0.322 e. The number of amides is 4. The van der Waals surface area contributed by atoms with Crippen LogP contribution in [-0.4, -0.2) is 54.6 Å². The van der Waals surface area contributed by atoms with E-state index in [1.807, 2.05) is 30.3 Å². The van der Waals surface area contributed by atoms with Gasteiger partial charge in [-0.25, -0.2) is 4.79 Å². The van der Waals surface area contributed by atoms with Gasteiger partial charge in [0.05, 0.1) is 19.3 Å². The number of morpholine rings is 1. The largest absolute Gasteiger partial charge is 0.374 e. The first kappa shape index (κ1) is 22.7. The monoisotopic (exact) mass is 482 g/mol. The second-order valence-corrected chi connectivity index (χ2v) is 9.62. The summed E-state index contributed by atoms with van der Waals surface area (Å²) in [6.07, 6.45) is 1.12. The van der Waals surface area contributed by atoms with Crippen LogP contribution in [0.2, 0.25) is 5.02 Å². The van der Waals surface area contributed by atoms with Crippen LogP contribution in [0.15, 0.2) is 42.5 Å². The van der Waals surface area contributed by atoms with Crippen molar-refractivity contribution in [3.8, 4) is 0 Å². The fourth-order valence-electron chi connectivity index (χ4n) is 5.01. The maximum atomic E-state index is 13.1. The van der Waals surface area contributed by atoms with E-state index >= 15 is 0 Å². The predicted octanol–water partition coefficient (Wildman–Crippen LogP) is 3.03. The molecule has 3 atom stereocenters. The number of benzene rings is 2. The molecule has 9 heteroatoms. The lowest BCUT2D eigenvalue weighted by atomic mass is 9.89. The van der Waals surface area contributed by atoms with Crippen LogP contribution in [0, 0.1) is 0 Å². The summed E-state index contributed by atoms with van der Waals surface area (Å²) in [4.78, 5) is 42.2. The Hall–Kier alpha value is -3.10. The van der Waals surface area contributed by atoms with E-state index in [9.17, 15) is 14.4 Å². The zero-order valence-electron chi connectivity index (χ0n) is 19.1. The number of urea groups is 1. The minimum absolute atomic E-state index is 0.0148. The Balaban J connectivity index is 1.44. The van der Waals surface area contributed by atoms with Gasteiger partial charge in [-0.05, 0) is 48.7 Å². The van der Waals surface area contributed by atoms with E-state index in [2.05, 4.69) is 29.4 Å². The highest BCUT2D eigenvalue weighted by molar-refractivity contribution is 6.31. The van der Waals surface area contributed by atoms with E-state index in [0.717, 1.165) is 24.2 Å². The molecule has 0 aliphatic carbocycles. The third-order valence-corrected chi connectivity index (χ3v) is 7.21. The Morgan fingerprint density at radius 1 is 1.15 bits per heavy atom. The first-order valence-electron chi connectivity index (χ1n) is 11.5. The van der Waals surface area contributed by atoms with Crippen molar-refractivity contribution in [2.75, 3.05) is 24.6 Å². The second-order valence-electron chi connectivity index (χ2n) is 9.19. The van der Waals surface area contributed by atoms with Gasteiger partial charge in [-0.3, -0.25) is 14.9 Å². The molecule has 3 aliphatic rings. The number of imide groups is 1. The van der Waals surface area contributed by atoms with E-state index in [4.69, 9.17) is 16.3 Å². The Labute approximate surface area is 203 Å². The van der Waals surface area contributed by atoms with E-state index in [-0.39, 0.29) is 24.6 Å². The molecule has 2 aromatic carbocycles. The highest BCUT2D eigenvalue weighted by Gasteiger charge is 2.50. The van der Waals surface area contributed by atoms with Crippen molar-refractivity contribution in [3.63, 3.8) is 0 Å². The van der Waals surface area contributed by atoms with Crippen LogP contribution in [0.1, 0.15) is 41.8 Å². The lowest BCUT2D eigenvalue weighted by Crippen LogP contribution is -2.52. The quantitative estimate of drug-likeness (QED) is 0.639. The van der Waals surface area contributed by atoms with Crippen LogP contribution in [0.4, 0.5) is 10.5 Å². The molecule has 0 aromatic heterocycles. The van der Waals surface area contributed by atoms with Crippen molar-refractivity contribution in [2.24, 2.45) is 0 Å². The van der Waals surface area contributed by atoms with Gasteiger partial charge < -0.3 is 19.9 Å². The van der Waals surface area contributed by atoms with Crippen molar-refractivity contribution in [1.29, 1.82) is 0 Å². The standard InChI is InChI=1S/C25H27ClN4O4/c1-3-20-12-30(15(2)13-34-20)19-8-5-17(6-9-19)25(23(32)27-24(33)28-25)14-29-11-16-4-7-18(26)10-21(16)22(29)31/h4-10,15,20H,3,11-14H2,1-2H3,(H2,27,28,32,33)/t15-,20+,25+/m1/s1. The molecule has 2 aromatic rings. The van der Waals surface area contributed by atoms with Crippen molar-refractivity contribution in [1.82, 2.24) is 15.5 Å². The fourth-order valence-corrected chi connectivity index (χ4v) is 5.18. The normalized spacial score (nSPS) is 26.5. The molecule has 2 N–H and O–H groups in total.